The van der Waals surface area contributed by atoms with E-state index in [1.54, 1.807) is 0 Å². The van der Waals surface area contributed by atoms with Gasteiger partial charge < -0.3 is 9.88 Å². The summed E-state index contributed by atoms with van der Waals surface area (Å²) in [7, 11) is 0. The lowest BCUT2D eigenvalue weighted by atomic mass is 10.1. The van der Waals surface area contributed by atoms with Gasteiger partial charge in [0.1, 0.15) is 5.82 Å². The van der Waals surface area contributed by atoms with Gasteiger partial charge in [-0.3, -0.25) is 0 Å². The van der Waals surface area contributed by atoms with Gasteiger partial charge in [0.25, 0.3) is 0 Å². The Morgan fingerprint density at radius 2 is 2.41 bits per heavy atom. The van der Waals surface area contributed by atoms with Crippen molar-refractivity contribution in [2.75, 3.05) is 12.3 Å². The van der Waals surface area contributed by atoms with Crippen LogP contribution in [0, 0.1) is 0 Å². The molecular weight excluding hydrogens is 230 g/mol. The number of nitrogens with zero attached hydrogens (tertiary/aromatic N) is 2. The van der Waals surface area contributed by atoms with Crippen LogP contribution in [0.4, 0.5) is 0 Å². The van der Waals surface area contributed by atoms with Crippen LogP contribution < -0.4 is 5.32 Å². The van der Waals surface area contributed by atoms with Gasteiger partial charge in [-0.2, -0.15) is 11.8 Å². The topological polar surface area (TPSA) is 29.9 Å². The fraction of sp³-hybridized carbons (Fsp3) is 0.769. The fourth-order valence-corrected chi connectivity index (χ4v) is 3.92. The molecule has 3 nitrogen and oxygen atoms in total. The van der Waals surface area contributed by atoms with E-state index >= 15 is 0 Å². The van der Waals surface area contributed by atoms with Crippen LogP contribution in [0.3, 0.4) is 0 Å². The van der Waals surface area contributed by atoms with Gasteiger partial charge in [-0.25, -0.2) is 4.98 Å². The van der Waals surface area contributed by atoms with Crippen molar-refractivity contribution in [3.8, 4) is 0 Å². The first-order valence-electron chi connectivity index (χ1n) is 6.72. The van der Waals surface area contributed by atoms with E-state index in [1.807, 2.05) is 6.20 Å². The number of aromatic nitrogens is 2. The molecule has 1 aliphatic rings. The monoisotopic (exact) mass is 253 g/mol. The molecule has 1 fully saturated rings. The van der Waals surface area contributed by atoms with Crippen LogP contribution in [0.5, 0.6) is 0 Å². The molecule has 2 atom stereocenters. The fourth-order valence-electron chi connectivity index (χ4n) is 2.50. The summed E-state index contributed by atoms with van der Waals surface area (Å²) >= 11 is 2.11. The van der Waals surface area contributed by atoms with Crippen molar-refractivity contribution in [2.45, 2.75) is 50.9 Å². The summed E-state index contributed by atoms with van der Waals surface area (Å²) in [5, 5.41) is 4.32. The lowest BCUT2D eigenvalue weighted by Gasteiger charge is -2.30. The second-order valence-electron chi connectivity index (χ2n) is 4.51. The number of nitrogens with one attached hydrogen (secondary N) is 1. The van der Waals surface area contributed by atoms with E-state index in [1.165, 1.54) is 30.8 Å². The Labute approximate surface area is 108 Å². The normalized spacial score (nSPS) is 22.6. The highest BCUT2D eigenvalue weighted by Crippen LogP contribution is 2.34. The van der Waals surface area contributed by atoms with E-state index in [0.29, 0.717) is 11.3 Å². The first-order valence-corrected chi connectivity index (χ1v) is 7.77. The zero-order chi connectivity index (χ0) is 12.1. The van der Waals surface area contributed by atoms with Gasteiger partial charge in [-0.05, 0) is 32.1 Å². The Balaban J connectivity index is 2.15. The van der Waals surface area contributed by atoms with Gasteiger partial charge in [0.2, 0.25) is 0 Å². The van der Waals surface area contributed by atoms with E-state index < -0.39 is 0 Å². The Bertz CT molecular complexity index is 331. The van der Waals surface area contributed by atoms with Crippen LogP contribution in [0.15, 0.2) is 12.4 Å². The smallest absolute Gasteiger partial charge is 0.126 e. The molecule has 1 N–H and O–H groups in total. The Morgan fingerprint density at radius 3 is 3.06 bits per heavy atom. The summed E-state index contributed by atoms with van der Waals surface area (Å²) in [4.78, 5) is 4.57. The molecule has 96 valence electrons. The van der Waals surface area contributed by atoms with Crippen molar-refractivity contribution in [1.82, 2.24) is 14.9 Å². The van der Waals surface area contributed by atoms with Crippen LogP contribution in [-0.4, -0.2) is 27.1 Å². The van der Waals surface area contributed by atoms with E-state index in [9.17, 15) is 0 Å². The molecular formula is C13H23N3S. The minimum atomic E-state index is 0.417. The third-order valence-electron chi connectivity index (χ3n) is 3.38. The van der Waals surface area contributed by atoms with E-state index in [2.05, 4.69) is 46.7 Å². The maximum absolute atomic E-state index is 4.57. The highest BCUT2D eigenvalue weighted by Gasteiger charge is 2.27. The first-order chi connectivity index (χ1) is 8.36. The number of hydrogen-bond acceptors (Lipinski definition) is 3. The molecule has 0 spiro atoms. The third kappa shape index (κ3) is 3.05. The summed E-state index contributed by atoms with van der Waals surface area (Å²) in [6, 6.07) is 0.417. The molecule has 2 heterocycles. The lowest BCUT2D eigenvalue weighted by molar-refractivity contribution is 0.454. The molecule has 2 rings (SSSR count). The molecule has 1 aliphatic heterocycles. The Hall–Kier alpha value is -0.480. The molecule has 0 bridgehead atoms. The predicted octanol–water partition coefficient (Wildman–Crippen LogP) is 2.84. The molecule has 0 aromatic carbocycles. The largest absolute Gasteiger partial charge is 0.334 e. The summed E-state index contributed by atoms with van der Waals surface area (Å²) in [6.07, 6.45) is 8.08. The number of hydrogen-bond donors (Lipinski definition) is 1. The number of imidazole rings is 1. The molecule has 2 unspecified atom stereocenters. The minimum absolute atomic E-state index is 0.417. The molecule has 0 amide bonds. The van der Waals surface area contributed by atoms with Gasteiger partial charge in [0, 0.05) is 24.2 Å². The highest BCUT2D eigenvalue weighted by molar-refractivity contribution is 8.00. The van der Waals surface area contributed by atoms with Crippen molar-refractivity contribution in [1.29, 1.82) is 0 Å². The molecule has 0 radical (unpaired) electrons. The van der Waals surface area contributed by atoms with Crippen LogP contribution in [0.1, 0.15) is 45.0 Å². The number of thioether (sulfide) groups is 1. The number of rotatable bonds is 5. The second kappa shape index (κ2) is 6.45. The third-order valence-corrected chi connectivity index (χ3v) is 4.84. The van der Waals surface area contributed by atoms with E-state index in [0.717, 1.165) is 13.1 Å². The molecule has 0 saturated carbocycles. The average Bonchev–Trinajstić information content (AvgIpc) is 2.85. The summed E-state index contributed by atoms with van der Waals surface area (Å²) in [5.41, 5.74) is 0. The number of aryl methyl sites for hydroxylation is 1. The molecule has 4 heteroatoms. The molecule has 17 heavy (non-hydrogen) atoms. The Kier molecular flexibility index (Phi) is 4.92. The minimum Gasteiger partial charge on any atom is -0.334 e. The Morgan fingerprint density at radius 1 is 1.53 bits per heavy atom. The van der Waals surface area contributed by atoms with Crippen molar-refractivity contribution < 1.29 is 0 Å². The highest BCUT2D eigenvalue weighted by atomic mass is 32.2. The second-order valence-corrected chi connectivity index (χ2v) is 5.86. The van der Waals surface area contributed by atoms with Crippen molar-refractivity contribution in [3.63, 3.8) is 0 Å². The van der Waals surface area contributed by atoms with Gasteiger partial charge >= 0.3 is 0 Å². The van der Waals surface area contributed by atoms with Crippen LogP contribution >= 0.6 is 11.8 Å². The molecule has 0 aliphatic carbocycles. The summed E-state index contributed by atoms with van der Waals surface area (Å²) < 4.78 is 2.27. The van der Waals surface area contributed by atoms with Gasteiger partial charge in [0.15, 0.2) is 0 Å². The summed E-state index contributed by atoms with van der Waals surface area (Å²) in [6.45, 7) is 6.38. The molecule has 1 saturated heterocycles. The van der Waals surface area contributed by atoms with E-state index in [4.69, 9.17) is 0 Å². The molecule has 1 aromatic rings. The molecule has 1 aromatic heterocycles. The summed E-state index contributed by atoms with van der Waals surface area (Å²) in [5.74, 6) is 2.52. The van der Waals surface area contributed by atoms with Gasteiger partial charge in [-0.15, -0.1) is 0 Å². The zero-order valence-electron chi connectivity index (χ0n) is 10.9. The van der Waals surface area contributed by atoms with Crippen molar-refractivity contribution in [2.24, 2.45) is 0 Å². The standard InChI is InChI=1S/C13H23N3S/c1-3-14-12(11-7-5-6-10-17-11)13-15-8-9-16(13)4-2/h8-9,11-12,14H,3-7,10H2,1-2H3. The average molecular weight is 253 g/mol. The quantitative estimate of drug-likeness (QED) is 0.875. The maximum atomic E-state index is 4.57. The van der Waals surface area contributed by atoms with Crippen LogP contribution in [0.25, 0.3) is 0 Å². The van der Waals surface area contributed by atoms with Crippen molar-refractivity contribution >= 4 is 11.8 Å². The van der Waals surface area contributed by atoms with Gasteiger partial charge in [0.05, 0.1) is 6.04 Å². The van der Waals surface area contributed by atoms with Crippen molar-refractivity contribution in [3.05, 3.63) is 18.2 Å². The first kappa shape index (κ1) is 13.0. The zero-order valence-corrected chi connectivity index (χ0v) is 11.7. The maximum Gasteiger partial charge on any atom is 0.126 e. The van der Waals surface area contributed by atoms with Crippen LogP contribution in [0.2, 0.25) is 0 Å². The van der Waals surface area contributed by atoms with Gasteiger partial charge in [-0.1, -0.05) is 13.3 Å². The van der Waals surface area contributed by atoms with E-state index in [-0.39, 0.29) is 0 Å². The lowest BCUT2D eigenvalue weighted by Crippen LogP contribution is -2.33. The SMILES string of the molecule is CCNC(c1nccn1CC)C1CCCCS1. The predicted molar refractivity (Wildman–Crippen MR) is 74.4 cm³/mol. The van der Waals surface area contributed by atoms with Crippen LogP contribution in [-0.2, 0) is 6.54 Å².